The van der Waals surface area contributed by atoms with Crippen LogP contribution in [0.3, 0.4) is 0 Å². The molecule has 1 aliphatic carbocycles. The fourth-order valence-corrected chi connectivity index (χ4v) is 4.27. The van der Waals surface area contributed by atoms with Crippen LogP contribution < -0.4 is 21.3 Å². The SMILES string of the molecule is CN=C(NC#N)NC1CCC(CNC(=O)[C@H]2CCC(=O)N2)(c2ccccc2)CC1. The van der Waals surface area contributed by atoms with E-state index in [0.717, 1.165) is 25.7 Å². The van der Waals surface area contributed by atoms with Gasteiger partial charge in [-0.3, -0.25) is 19.9 Å². The number of nitrogens with one attached hydrogen (secondary N) is 4. The van der Waals surface area contributed by atoms with Crippen molar-refractivity contribution in [2.24, 2.45) is 4.99 Å². The van der Waals surface area contributed by atoms with Crippen LogP contribution in [0.15, 0.2) is 35.3 Å². The fraction of sp³-hybridized carbons (Fsp3) is 0.524. The van der Waals surface area contributed by atoms with Crippen LogP contribution in [0.1, 0.15) is 44.1 Å². The van der Waals surface area contributed by atoms with E-state index in [0.29, 0.717) is 25.3 Å². The summed E-state index contributed by atoms with van der Waals surface area (Å²) in [6.45, 7) is 0.542. The average molecular weight is 396 g/mol. The van der Waals surface area contributed by atoms with Gasteiger partial charge in [-0.15, -0.1) is 0 Å². The van der Waals surface area contributed by atoms with Crippen LogP contribution in [-0.4, -0.2) is 43.5 Å². The standard InChI is InChI=1S/C21H28N6O2/c1-23-20(25-14-22)26-16-9-11-21(12-10-16,15-5-3-2-4-6-15)13-24-19(29)17-7-8-18(28)27-17/h2-6,16-17H,7-13H2,1H3,(H,24,29)(H,27,28)(H2,23,25,26)/t16?,17-,21?/m1/s1. The summed E-state index contributed by atoms with van der Waals surface area (Å²) in [4.78, 5) is 28.0. The Balaban J connectivity index is 1.66. The van der Waals surface area contributed by atoms with Crippen molar-refractivity contribution in [1.29, 1.82) is 5.26 Å². The molecule has 0 unspecified atom stereocenters. The molecule has 8 nitrogen and oxygen atoms in total. The number of hydrogen-bond acceptors (Lipinski definition) is 4. The third kappa shape index (κ3) is 5.05. The number of nitriles is 1. The Morgan fingerprint density at radius 1 is 1.28 bits per heavy atom. The Kier molecular flexibility index (Phi) is 6.70. The summed E-state index contributed by atoms with van der Waals surface area (Å²) in [5.74, 6) is 0.314. The minimum Gasteiger partial charge on any atom is -0.353 e. The lowest BCUT2D eigenvalue weighted by Crippen LogP contribution is -2.51. The van der Waals surface area contributed by atoms with Crippen LogP contribution >= 0.6 is 0 Å². The first-order chi connectivity index (χ1) is 14.1. The summed E-state index contributed by atoms with van der Waals surface area (Å²) in [6.07, 6.45) is 6.45. The van der Waals surface area contributed by atoms with Gasteiger partial charge in [0.05, 0.1) is 0 Å². The predicted molar refractivity (Wildman–Crippen MR) is 110 cm³/mol. The number of rotatable bonds is 5. The second-order valence-corrected chi connectivity index (χ2v) is 7.75. The molecule has 1 saturated heterocycles. The van der Waals surface area contributed by atoms with E-state index in [1.807, 2.05) is 24.4 Å². The van der Waals surface area contributed by atoms with Gasteiger partial charge in [-0.25, -0.2) is 0 Å². The molecule has 0 bridgehead atoms. The highest BCUT2D eigenvalue weighted by atomic mass is 16.2. The molecule has 2 aliphatic rings. The summed E-state index contributed by atoms with van der Waals surface area (Å²) >= 11 is 0. The van der Waals surface area contributed by atoms with E-state index in [4.69, 9.17) is 5.26 Å². The normalized spacial score (nSPS) is 26.9. The maximum atomic E-state index is 12.5. The number of benzene rings is 1. The number of amides is 2. The van der Waals surface area contributed by atoms with Gasteiger partial charge in [0.15, 0.2) is 6.19 Å². The molecular weight excluding hydrogens is 368 g/mol. The number of guanidine groups is 1. The molecule has 0 spiro atoms. The second-order valence-electron chi connectivity index (χ2n) is 7.75. The molecule has 1 atom stereocenters. The third-order valence-electron chi connectivity index (χ3n) is 5.98. The Morgan fingerprint density at radius 2 is 2.00 bits per heavy atom. The Morgan fingerprint density at radius 3 is 2.59 bits per heavy atom. The van der Waals surface area contributed by atoms with E-state index in [2.05, 4.69) is 38.4 Å². The van der Waals surface area contributed by atoms with Gasteiger partial charge in [-0.1, -0.05) is 30.3 Å². The van der Waals surface area contributed by atoms with Gasteiger partial charge in [0.2, 0.25) is 17.8 Å². The lowest BCUT2D eigenvalue weighted by molar-refractivity contribution is -0.126. The topological polar surface area (TPSA) is 118 Å². The van der Waals surface area contributed by atoms with Crippen molar-refractivity contribution < 1.29 is 9.59 Å². The van der Waals surface area contributed by atoms with Crippen molar-refractivity contribution in [3.63, 3.8) is 0 Å². The summed E-state index contributed by atoms with van der Waals surface area (Å²) < 4.78 is 0. The maximum absolute atomic E-state index is 12.5. The number of carbonyl (C=O) groups is 2. The minimum atomic E-state index is -0.422. The number of carbonyl (C=O) groups excluding carboxylic acids is 2. The monoisotopic (exact) mass is 396 g/mol. The molecule has 29 heavy (non-hydrogen) atoms. The predicted octanol–water partition coefficient (Wildman–Crippen LogP) is 0.908. The Hall–Kier alpha value is -3.08. The molecule has 1 aromatic rings. The van der Waals surface area contributed by atoms with Gasteiger partial charge in [0.25, 0.3) is 0 Å². The van der Waals surface area contributed by atoms with Crippen molar-refractivity contribution in [3.05, 3.63) is 35.9 Å². The highest BCUT2D eigenvalue weighted by molar-refractivity contribution is 5.90. The summed E-state index contributed by atoms with van der Waals surface area (Å²) in [6, 6.07) is 10.1. The lowest BCUT2D eigenvalue weighted by Gasteiger charge is -2.41. The zero-order chi connectivity index (χ0) is 20.7. The molecule has 1 aromatic carbocycles. The van der Waals surface area contributed by atoms with Crippen molar-refractivity contribution in [2.75, 3.05) is 13.6 Å². The van der Waals surface area contributed by atoms with Crippen molar-refractivity contribution in [1.82, 2.24) is 21.3 Å². The van der Waals surface area contributed by atoms with Gasteiger partial charge in [-0.05, 0) is 37.7 Å². The highest BCUT2D eigenvalue weighted by Crippen LogP contribution is 2.39. The van der Waals surface area contributed by atoms with Crippen molar-refractivity contribution >= 4 is 17.8 Å². The largest absolute Gasteiger partial charge is 0.353 e. The number of hydrogen-bond donors (Lipinski definition) is 4. The molecule has 1 aliphatic heterocycles. The molecule has 2 fully saturated rings. The molecule has 2 amide bonds. The molecule has 0 aromatic heterocycles. The van der Waals surface area contributed by atoms with Gasteiger partial charge in [0.1, 0.15) is 6.04 Å². The third-order valence-corrected chi connectivity index (χ3v) is 5.98. The van der Waals surface area contributed by atoms with E-state index in [1.54, 1.807) is 7.05 Å². The first-order valence-corrected chi connectivity index (χ1v) is 10.1. The van der Waals surface area contributed by atoms with E-state index in [-0.39, 0.29) is 23.3 Å². The van der Waals surface area contributed by atoms with Gasteiger partial charge in [0, 0.05) is 31.5 Å². The summed E-state index contributed by atoms with van der Waals surface area (Å²) in [5.41, 5.74) is 1.07. The van der Waals surface area contributed by atoms with Crippen LogP contribution in [0.5, 0.6) is 0 Å². The fourth-order valence-electron chi connectivity index (χ4n) is 4.27. The van der Waals surface area contributed by atoms with Crippen LogP contribution in [0.4, 0.5) is 0 Å². The molecular formula is C21H28N6O2. The zero-order valence-corrected chi connectivity index (χ0v) is 16.7. The molecule has 3 rings (SSSR count). The van der Waals surface area contributed by atoms with E-state index >= 15 is 0 Å². The van der Waals surface area contributed by atoms with Crippen LogP contribution in [0.25, 0.3) is 0 Å². The minimum absolute atomic E-state index is 0.0612. The quantitative estimate of drug-likeness (QED) is 0.255. The van der Waals surface area contributed by atoms with Gasteiger partial charge in [-0.2, -0.15) is 5.26 Å². The maximum Gasteiger partial charge on any atom is 0.242 e. The first kappa shape index (κ1) is 20.6. The lowest BCUT2D eigenvalue weighted by atomic mass is 9.68. The van der Waals surface area contributed by atoms with Crippen molar-refractivity contribution in [3.8, 4) is 6.19 Å². The second kappa shape index (κ2) is 9.41. The van der Waals surface area contributed by atoms with Gasteiger partial charge < -0.3 is 16.0 Å². The summed E-state index contributed by atoms with van der Waals surface area (Å²) in [5, 5.41) is 20.5. The smallest absolute Gasteiger partial charge is 0.242 e. The molecule has 8 heteroatoms. The van der Waals surface area contributed by atoms with Crippen LogP contribution in [0.2, 0.25) is 0 Å². The van der Waals surface area contributed by atoms with E-state index in [1.165, 1.54) is 5.56 Å². The average Bonchev–Trinajstić information content (AvgIpc) is 3.20. The first-order valence-electron chi connectivity index (χ1n) is 10.1. The molecule has 0 radical (unpaired) electrons. The van der Waals surface area contributed by atoms with E-state index in [9.17, 15) is 9.59 Å². The Labute approximate surface area is 171 Å². The van der Waals surface area contributed by atoms with Crippen molar-refractivity contribution in [2.45, 2.75) is 56.0 Å². The van der Waals surface area contributed by atoms with Crippen LogP contribution in [0, 0.1) is 11.5 Å². The van der Waals surface area contributed by atoms with Gasteiger partial charge >= 0.3 is 0 Å². The molecule has 1 heterocycles. The number of aliphatic imine (C=N–C) groups is 1. The molecule has 154 valence electrons. The van der Waals surface area contributed by atoms with Crippen LogP contribution in [-0.2, 0) is 15.0 Å². The summed E-state index contributed by atoms with van der Waals surface area (Å²) in [7, 11) is 1.64. The molecule has 1 saturated carbocycles. The zero-order valence-electron chi connectivity index (χ0n) is 16.7. The number of nitrogens with zero attached hydrogens (tertiary/aromatic N) is 2. The Bertz CT molecular complexity index is 793. The molecule has 4 N–H and O–H groups in total. The van der Waals surface area contributed by atoms with E-state index < -0.39 is 6.04 Å². The highest BCUT2D eigenvalue weighted by Gasteiger charge is 2.38.